The molecule has 1 aliphatic heterocycles. The molecule has 0 bridgehead atoms. The summed E-state index contributed by atoms with van der Waals surface area (Å²) >= 11 is 2.04. The number of rotatable bonds is 2. The Kier molecular flexibility index (Phi) is 2.72. The molecule has 2 heterocycles. The van der Waals surface area contributed by atoms with Crippen LogP contribution in [0.3, 0.4) is 0 Å². The van der Waals surface area contributed by atoms with Crippen molar-refractivity contribution in [1.29, 1.82) is 0 Å². The highest BCUT2D eigenvalue weighted by Gasteiger charge is 2.34. The molecule has 0 spiro atoms. The third-order valence-corrected chi connectivity index (χ3v) is 5.09. The molecule has 4 heteroatoms. The van der Waals surface area contributed by atoms with Crippen LogP contribution >= 0.6 is 11.8 Å². The molecule has 3 nitrogen and oxygen atoms in total. The number of hydrogen-bond acceptors (Lipinski definition) is 3. The normalized spacial score (nSPS) is 28.7. The number of hydrogen-bond donors (Lipinski definition) is 2. The molecule has 16 heavy (non-hydrogen) atoms. The van der Waals surface area contributed by atoms with Gasteiger partial charge in [0.2, 0.25) is 0 Å². The van der Waals surface area contributed by atoms with Crippen LogP contribution in [-0.4, -0.2) is 21.5 Å². The zero-order chi connectivity index (χ0) is 11.0. The second kappa shape index (κ2) is 4.08. The van der Waals surface area contributed by atoms with Gasteiger partial charge in [-0.2, -0.15) is 11.8 Å². The monoisotopic (exact) mass is 237 g/mol. The third kappa shape index (κ3) is 1.78. The minimum absolute atomic E-state index is 0.163. The van der Waals surface area contributed by atoms with Gasteiger partial charge in [-0.25, -0.2) is 4.98 Å². The van der Waals surface area contributed by atoms with Gasteiger partial charge in [0.1, 0.15) is 5.82 Å². The van der Waals surface area contributed by atoms with Crippen molar-refractivity contribution in [3.63, 3.8) is 0 Å². The van der Waals surface area contributed by atoms with Crippen molar-refractivity contribution in [3.8, 4) is 0 Å². The summed E-state index contributed by atoms with van der Waals surface area (Å²) in [6, 6.07) is 0. The number of nitrogens with zero attached hydrogens (tertiary/aromatic N) is 1. The molecule has 88 valence electrons. The van der Waals surface area contributed by atoms with Gasteiger partial charge in [-0.15, -0.1) is 0 Å². The topological polar surface area (TPSA) is 54.7 Å². The average molecular weight is 237 g/mol. The van der Waals surface area contributed by atoms with E-state index in [0.717, 1.165) is 18.7 Å². The number of imidazole rings is 1. The fraction of sp³-hybridized carbons (Fsp3) is 0.750. The maximum absolute atomic E-state index is 6.39. The Bertz CT molecular complexity index is 362. The summed E-state index contributed by atoms with van der Waals surface area (Å²) in [5, 5.41) is 0. The van der Waals surface area contributed by atoms with Gasteiger partial charge in [-0.3, -0.25) is 0 Å². The van der Waals surface area contributed by atoms with Crippen molar-refractivity contribution in [2.75, 3.05) is 11.5 Å². The molecule has 1 aliphatic carbocycles. The third-order valence-electron chi connectivity index (χ3n) is 3.93. The van der Waals surface area contributed by atoms with E-state index in [0.29, 0.717) is 5.92 Å². The molecule has 2 aliphatic rings. The molecular weight excluding hydrogens is 218 g/mol. The van der Waals surface area contributed by atoms with Crippen LogP contribution in [0.2, 0.25) is 0 Å². The molecule has 0 radical (unpaired) electrons. The number of nitrogens with two attached hydrogens (primary N) is 1. The lowest BCUT2D eigenvalue weighted by atomic mass is 9.98. The Morgan fingerprint density at radius 1 is 1.44 bits per heavy atom. The van der Waals surface area contributed by atoms with E-state index in [1.165, 1.54) is 36.5 Å². The van der Waals surface area contributed by atoms with Crippen molar-refractivity contribution < 1.29 is 0 Å². The predicted octanol–water partition coefficient (Wildman–Crippen LogP) is 2.36. The van der Waals surface area contributed by atoms with Crippen molar-refractivity contribution in [3.05, 3.63) is 17.7 Å². The highest BCUT2D eigenvalue weighted by Crippen LogP contribution is 2.36. The molecule has 3 N–H and O–H groups in total. The highest BCUT2D eigenvalue weighted by molar-refractivity contribution is 7.99. The van der Waals surface area contributed by atoms with Gasteiger partial charge in [0.05, 0.1) is 5.54 Å². The van der Waals surface area contributed by atoms with Crippen molar-refractivity contribution >= 4 is 11.8 Å². The minimum atomic E-state index is -0.163. The average Bonchev–Trinajstić information content (AvgIpc) is 2.98. The van der Waals surface area contributed by atoms with Gasteiger partial charge in [0.25, 0.3) is 0 Å². The Hall–Kier alpha value is -0.480. The first-order valence-corrected chi connectivity index (χ1v) is 7.35. The summed E-state index contributed by atoms with van der Waals surface area (Å²) in [6.45, 7) is 0. The van der Waals surface area contributed by atoms with Crippen LogP contribution in [0.1, 0.15) is 49.5 Å². The Labute approximate surface area is 101 Å². The molecule has 2 fully saturated rings. The van der Waals surface area contributed by atoms with Gasteiger partial charge >= 0.3 is 0 Å². The zero-order valence-electron chi connectivity index (χ0n) is 9.54. The van der Waals surface area contributed by atoms with Crippen molar-refractivity contribution in [2.45, 2.75) is 43.6 Å². The molecule has 1 unspecified atom stereocenters. The van der Waals surface area contributed by atoms with E-state index < -0.39 is 0 Å². The first kappa shape index (κ1) is 10.7. The molecule has 0 aromatic carbocycles. The molecule has 1 aromatic rings. The lowest BCUT2D eigenvalue weighted by Gasteiger charge is -2.20. The van der Waals surface area contributed by atoms with Gasteiger partial charge in [-0.05, 0) is 25.0 Å². The maximum Gasteiger partial charge on any atom is 0.126 e. The summed E-state index contributed by atoms with van der Waals surface area (Å²) in [7, 11) is 0. The number of H-pyrrole nitrogens is 1. The molecule has 0 amide bonds. The van der Waals surface area contributed by atoms with E-state index in [1.54, 1.807) is 0 Å². The number of aromatic amines is 1. The van der Waals surface area contributed by atoms with E-state index in [1.807, 2.05) is 18.0 Å². The summed E-state index contributed by atoms with van der Waals surface area (Å²) in [4.78, 5) is 8.01. The SMILES string of the molecule is NC1(c2ncc(C3CCSC3)[nH]2)CCCC1. The summed E-state index contributed by atoms with van der Waals surface area (Å²) in [5.74, 6) is 4.22. The lowest BCUT2D eigenvalue weighted by Crippen LogP contribution is -2.34. The Balaban J connectivity index is 1.81. The van der Waals surface area contributed by atoms with E-state index in [-0.39, 0.29) is 5.54 Å². The van der Waals surface area contributed by atoms with Gasteiger partial charge in [0.15, 0.2) is 0 Å². The second-order valence-electron chi connectivity index (χ2n) is 5.11. The van der Waals surface area contributed by atoms with Crippen LogP contribution in [0.4, 0.5) is 0 Å². The predicted molar refractivity (Wildman–Crippen MR) is 67.6 cm³/mol. The zero-order valence-corrected chi connectivity index (χ0v) is 10.4. The maximum atomic E-state index is 6.39. The fourth-order valence-corrected chi connectivity index (χ4v) is 4.07. The number of thioether (sulfide) groups is 1. The fourth-order valence-electron chi connectivity index (χ4n) is 2.82. The highest BCUT2D eigenvalue weighted by atomic mass is 32.2. The number of nitrogens with one attached hydrogen (secondary N) is 1. The Morgan fingerprint density at radius 2 is 2.25 bits per heavy atom. The van der Waals surface area contributed by atoms with Gasteiger partial charge < -0.3 is 10.7 Å². The van der Waals surface area contributed by atoms with Crippen molar-refractivity contribution in [2.24, 2.45) is 5.73 Å². The van der Waals surface area contributed by atoms with Crippen LogP contribution in [0.5, 0.6) is 0 Å². The lowest BCUT2D eigenvalue weighted by molar-refractivity contribution is 0.434. The van der Waals surface area contributed by atoms with Crippen LogP contribution in [0.15, 0.2) is 6.20 Å². The van der Waals surface area contributed by atoms with E-state index in [2.05, 4.69) is 9.97 Å². The largest absolute Gasteiger partial charge is 0.344 e. The minimum Gasteiger partial charge on any atom is -0.344 e. The number of aromatic nitrogens is 2. The second-order valence-corrected chi connectivity index (χ2v) is 6.26. The van der Waals surface area contributed by atoms with Crippen LogP contribution in [0, 0.1) is 0 Å². The van der Waals surface area contributed by atoms with Crippen molar-refractivity contribution in [1.82, 2.24) is 9.97 Å². The van der Waals surface area contributed by atoms with Gasteiger partial charge in [0, 0.05) is 23.6 Å². The smallest absolute Gasteiger partial charge is 0.126 e. The summed E-state index contributed by atoms with van der Waals surface area (Å²) in [5.41, 5.74) is 7.53. The standard InChI is InChI=1S/C12H19N3S/c13-12(4-1-2-5-12)11-14-7-10(15-11)9-3-6-16-8-9/h7,9H,1-6,8,13H2,(H,14,15). The first-order chi connectivity index (χ1) is 7.78. The first-order valence-electron chi connectivity index (χ1n) is 6.20. The van der Waals surface area contributed by atoms with Crippen LogP contribution < -0.4 is 5.73 Å². The van der Waals surface area contributed by atoms with E-state index in [4.69, 9.17) is 5.73 Å². The molecule has 1 aromatic heterocycles. The molecule has 1 saturated heterocycles. The Morgan fingerprint density at radius 3 is 2.94 bits per heavy atom. The van der Waals surface area contributed by atoms with Gasteiger partial charge in [-0.1, -0.05) is 12.8 Å². The molecule has 3 rings (SSSR count). The molecular formula is C12H19N3S. The molecule has 1 atom stereocenters. The van der Waals surface area contributed by atoms with E-state index in [9.17, 15) is 0 Å². The summed E-state index contributed by atoms with van der Waals surface area (Å²) in [6.07, 6.45) is 7.94. The van der Waals surface area contributed by atoms with Crippen LogP contribution in [-0.2, 0) is 5.54 Å². The molecule has 1 saturated carbocycles. The van der Waals surface area contributed by atoms with E-state index >= 15 is 0 Å². The van der Waals surface area contributed by atoms with Crippen LogP contribution in [0.25, 0.3) is 0 Å². The summed E-state index contributed by atoms with van der Waals surface area (Å²) < 4.78 is 0. The quantitative estimate of drug-likeness (QED) is 0.830.